The second-order valence-electron chi connectivity index (χ2n) is 7.23. The van der Waals surface area contributed by atoms with Gasteiger partial charge in [0, 0.05) is 11.1 Å². The molecule has 140 valence electrons. The van der Waals surface area contributed by atoms with E-state index in [1.54, 1.807) is 0 Å². The first kappa shape index (κ1) is 22.7. The molecule has 0 radical (unpaired) electrons. The Balaban J connectivity index is 0.00000338. The van der Waals surface area contributed by atoms with Gasteiger partial charge in [-0.2, -0.15) is 0 Å². The van der Waals surface area contributed by atoms with Crippen molar-refractivity contribution in [2.75, 3.05) is 27.2 Å². The average molecular weight is 463 g/mol. The maximum absolute atomic E-state index is 11.3. The predicted octanol–water partition coefficient (Wildman–Crippen LogP) is 1.20. The monoisotopic (exact) mass is 463 g/mol. The summed E-state index contributed by atoms with van der Waals surface area (Å²) in [7, 11) is 4.50. The molecule has 26 heavy (non-hydrogen) atoms. The molecule has 0 amide bonds. The van der Waals surface area contributed by atoms with Crippen LogP contribution in [0.3, 0.4) is 0 Å². The molecule has 0 bridgehead atoms. The molecule has 0 aromatic heterocycles. The van der Waals surface area contributed by atoms with Crippen LogP contribution in [0.15, 0.2) is 60.7 Å². The van der Waals surface area contributed by atoms with Gasteiger partial charge in [-0.3, -0.25) is 0 Å². The first-order chi connectivity index (χ1) is 12.0. The number of quaternary nitrogens is 1. The van der Waals surface area contributed by atoms with Crippen LogP contribution in [0.5, 0.6) is 0 Å². The number of unbranched alkanes of at least 4 members (excludes halogenated alkanes) is 1. The fourth-order valence-electron chi connectivity index (χ4n) is 2.92. The van der Waals surface area contributed by atoms with E-state index in [4.69, 9.17) is 0 Å². The number of nitrogens with zero attached hydrogens (tertiary/aromatic N) is 1. The van der Waals surface area contributed by atoms with Gasteiger partial charge in [-0.05, 0) is 6.42 Å². The van der Waals surface area contributed by atoms with Gasteiger partial charge in [-0.15, -0.1) is 0 Å². The molecule has 3 heteroatoms. The standard InChI is InChI=1S/C23H30NO.HI/c1-4-5-19-24(2,3)20-13-12-18-23(25,21-14-8-6-9-15-21)22-16-10-7-11-17-22;/h6-11,14-17,25H,4-5,13,19-20H2,1-3H3;1H/q+1;/p-1. The molecular formula is C23H30INO. The topological polar surface area (TPSA) is 20.2 Å². The second kappa shape index (κ2) is 10.7. The fourth-order valence-corrected chi connectivity index (χ4v) is 2.92. The minimum Gasteiger partial charge on any atom is -1.00 e. The van der Waals surface area contributed by atoms with E-state index in [-0.39, 0.29) is 24.0 Å². The van der Waals surface area contributed by atoms with Gasteiger partial charge in [0.25, 0.3) is 0 Å². The molecule has 1 N–H and O–H groups in total. The van der Waals surface area contributed by atoms with Gasteiger partial charge in [0.15, 0.2) is 5.60 Å². The van der Waals surface area contributed by atoms with Crippen molar-refractivity contribution in [3.63, 3.8) is 0 Å². The molecule has 2 aromatic rings. The highest BCUT2D eigenvalue weighted by atomic mass is 127. The van der Waals surface area contributed by atoms with Crippen molar-refractivity contribution in [1.82, 2.24) is 0 Å². The van der Waals surface area contributed by atoms with Gasteiger partial charge < -0.3 is 33.6 Å². The molecule has 0 fully saturated rings. The zero-order chi connectivity index (χ0) is 18.2. The van der Waals surface area contributed by atoms with Gasteiger partial charge in [-0.1, -0.05) is 85.8 Å². The maximum Gasteiger partial charge on any atom is 0.176 e. The van der Waals surface area contributed by atoms with E-state index >= 15 is 0 Å². The van der Waals surface area contributed by atoms with E-state index in [9.17, 15) is 5.11 Å². The summed E-state index contributed by atoms with van der Waals surface area (Å²) in [5.41, 5.74) is 0.366. The summed E-state index contributed by atoms with van der Waals surface area (Å²) in [6, 6.07) is 19.4. The lowest BCUT2D eigenvalue weighted by Crippen LogP contribution is -3.00. The lowest BCUT2D eigenvalue weighted by atomic mass is 9.87. The van der Waals surface area contributed by atoms with Crippen LogP contribution in [-0.4, -0.2) is 36.8 Å². The van der Waals surface area contributed by atoms with Crippen LogP contribution in [0.1, 0.15) is 37.3 Å². The van der Waals surface area contributed by atoms with Crippen LogP contribution in [0.25, 0.3) is 0 Å². The number of hydrogen-bond donors (Lipinski definition) is 1. The molecule has 0 heterocycles. The highest BCUT2D eigenvalue weighted by Gasteiger charge is 2.29. The Kier molecular flexibility index (Phi) is 9.35. The largest absolute Gasteiger partial charge is 1.00 e. The van der Waals surface area contributed by atoms with E-state index < -0.39 is 5.60 Å². The molecule has 2 rings (SSSR count). The average Bonchev–Trinajstić information content (AvgIpc) is 2.65. The van der Waals surface area contributed by atoms with Crippen molar-refractivity contribution in [2.45, 2.75) is 31.8 Å². The Morgan fingerprint density at radius 3 is 1.85 bits per heavy atom. The Morgan fingerprint density at radius 2 is 1.38 bits per heavy atom. The minimum atomic E-state index is -1.26. The Bertz CT molecular complexity index is 662. The zero-order valence-electron chi connectivity index (χ0n) is 16.1. The van der Waals surface area contributed by atoms with Crippen LogP contribution in [0.4, 0.5) is 0 Å². The fraction of sp³-hybridized carbons (Fsp3) is 0.391. The first-order valence-electron chi connectivity index (χ1n) is 9.13. The quantitative estimate of drug-likeness (QED) is 0.372. The Labute approximate surface area is 175 Å². The van der Waals surface area contributed by atoms with Crippen LogP contribution < -0.4 is 24.0 Å². The van der Waals surface area contributed by atoms with Crippen LogP contribution in [-0.2, 0) is 5.60 Å². The molecule has 0 spiro atoms. The molecule has 0 aliphatic heterocycles. The first-order valence-corrected chi connectivity index (χ1v) is 9.13. The van der Waals surface area contributed by atoms with Gasteiger partial charge in [-0.25, -0.2) is 0 Å². The summed E-state index contributed by atoms with van der Waals surface area (Å²) in [6.45, 7) is 4.38. The number of aliphatic hydroxyl groups is 1. The third kappa shape index (κ3) is 6.42. The van der Waals surface area contributed by atoms with E-state index in [2.05, 4.69) is 32.9 Å². The molecular weight excluding hydrogens is 433 g/mol. The van der Waals surface area contributed by atoms with E-state index in [0.29, 0.717) is 0 Å². The smallest absolute Gasteiger partial charge is 0.176 e. The summed E-state index contributed by atoms with van der Waals surface area (Å²) in [5.74, 6) is 6.39. The molecule has 0 saturated carbocycles. The van der Waals surface area contributed by atoms with E-state index in [1.165, 1.54) is 19.4 Å². The predicted molar refractivity (Wildman–Crippen MR) is 105 cm³/mol. The normalized spacial score (nSPS) is 11.2. The molecule has 0 aliphatic rings. The maximum atomic E-state index is 11.3. The van der Waals surface area contributed by atoms with Crippen molar-refractivity contribution < 1.29 is 33.6 Å². The van der Waals surface area contributed by atoms with Crippen LogP contribution >= 0.6 is 0 Å². The highest BCUT2D eigenvalue weighted by molar-refractivity contribution is 5.44. The summed E-state index contributed by atoms with van der Waals surface area (Å²) >= 11 is 0. The number of halogens is 1. The van der Waals surface area contributed by atoms with Crippen LogP contribution in [0.2, 0.25) is 0 Å². The van der Waals surface area contributed by atoms with Crippen molar-refractivity contribution >= 4 is 0 Å². The molecule has 2 aromatic carbocycles. The summed E-state index contributed by atoms with van der Waals surface area (Å²) in [5, 5.41) is 11.3. The molecule has 0 aliphatic carbocycles. The van der Waals surface area contributed by atoms with E-state index in [1.807, 2.05) is 60.7 Å². The third-order valence-corrected chi connectivity index (χ3v) is 4.61. The summed E-state index contributed by atoms with van der Waals surface area (Å²) in [4.78, 5) is 0. The lowest BCUT2D eigenvalue weighted by Gasteiger charge is -2.29. The number of rotatable bonds is 7. The molecule has 2 nitrogen and oxygen atoms in total. The van der Waals surface area contributed by atoms with Crippen molar-refractivity contribution in [3.8, 4) is 11.8 Å². The van der Waals surface area contributed by atoms with Gasteiger partial charge in [0.1, 0.15) is 0 Å². The highest BCUT2D eigenvalue weighted by Crippen LogP contribution is 2.28. The molecule has 0 unspecified atom stereocenters. The third-order valence-electron chi connectivity index (χ3n) is 4.61. The molecule has 0 atom stereocenters. The van der Waals surface area contributed by atoms with Gasteiger partial charge >= 0.3 is 0 Å². The summed E-state index contributed by atoms with van der Waals surface area (Å²) < 4.78 is 0.970. The zero-order valence-corrected chi connectivity index (χ0v) is 18.2. The van der Waals surface area contributed by atoms with Gasteiger partial charge in [0.2, 0.25) is 0 Å². The van der Waals surface area contributed by atoms with E-state index in [0.717, 1.165) is 28.6 Å². The van der Waals surface area contributed by atoms with Crippen molar-refractivity contribution in [1.29, 1.82) is 0 Å². The number of benzene rings is 2. The van der Waals surface area contributed by atoms with Crippen LogP contribution in [0, 0.1) is 11.8 Å². The SMILES string of the molecule is CCCC[N+](C)(C)CCC#CC(O)(c1ccccc1)c1ccccc1.[I-]. The Morgan fingerprint density at radius 1 is 0.885 bits per heavy atom. The molecule has 0 saturated heterocycles. The Hall–Kier alpha value is -1.35. The van der Waals surface area contributed by atoms with Crippen molar-refractivity contribution in [3.05, 3.63) is 71.8 Å². The second-order valence-corrected chi connectivity index (χ2v) is 7.23. The minimum absolute atomic E-state index is 0. The summed E-state index contributed by atoms with van der Waals surface area (Å²) in [6.07, 6.45) is 3.23. The van der Waals surface area contributed by atoms with Gasteiger partial charge in [0.05, 0.1) is 33.6 Å². The number of hydrogen-bond acceptors (Lipinski definition) is 1. The van der Waals surface area contributed by atoms with Crippen molar-refractivity contribution in [2.24, 2.45) is 0 Å². The lowest BCUT2D eigenvalue weighted by molar-refractivity contribution is -0.890.